The number of carboxylic acid groups (broad SMARTS) is 1. The van der Waals surface area contributed by atoms with Gasteiger partial charge in [-0.2, -0.15) is 23.0 Å². The van der Waals surface area contributed by atoms with E-state index in [2.05, 4.69) is 9.82 Å². The first-order valence-electron chi connectivity index (χ1n) is 9.51. The van der Waals surface area contributed by atoms with Crippen LogP contribution in [0.1, 0.15) is 24.0 Å². The fourth-order valence-corrected chi connectivity index (χ4v) is 5.43. The van der Waals surface area contributed by atoms with Gasteiger partial charge in [-0.3, -0.25) is 4.79 Å². The molecule has 7 nitrogen and oxygen atoms in total. The summed E-state index contributed by atoms with van der Waals surface area (Å²) in [7, 11) is -4.23. The second kappa shape index (κ2) is 7.45. The van der Waals surface area contributed by atoms with Crippen molar-refractivity contribution in [2.24, 2.45) is 5.92 Å². The third kappa shape index (κ3) is 3.67. The third-order valence-electron chi connectivity index (χ3n) is 5.74. The van der Waals surface area contributed by atoms with Gasteiger partial charge in [-0.05, 0) is 35.7 Å². The van der Waals surface area contributed by atoms with Crippen LogP contribution in [0.4, 0.5) is 13.2 Å². The van der Waals surface area contributed by atoms with E-state index in [1.165, 1.54) is 24.3 Å². The fraction of sp³-hybridized carbons (Fsp3) is 0.238. The molecule has 0 saturated heterocycles. The summed E-state index contributed by atoms with van der Waals surface area (Å²) in [5, 5.41) is 13.5. The van der Waals surface area contributed by atoms with Crippen LogP contribution in [0.2, 0.25) is 0 Å². The van der Waals surface area contributed by atoms with E-state index in [4.69, 9.17) is 0 Å². The highest BCUT2D eigenvalue weighted by molar-refractivity contribution is 7.89. The lowest BCUT2D eigenvalue weighted by atomic mass is 10.1. The number of aromatic nitrogens is 2. The van der Waals surface area contributed by atoms with Gasteiger partial charge in [-0.25, -0.2) is 13.1 Å². The average Bonchev–Trinajstić information content (AvgIpc) is 3.09. The molecule has 1 aliphatic carbocycles. The molecule has 3 aromatic rings. The SMILES string of the molecule is CC1[C@@H](c2ccccc2)[C@]1(NS(=O)(=O)c1ccc(-n2cc(C(F)(F)F)cn2)cc1)C(=O)O. The number of aliphatic carboxylic acids is 1. The summed E-state index contributed by atoms with van der Waals surface area (Å²) in [4.78, 5) is 11.9. The summed E-state index contributed by atoms with van der Waals surface area (Å²) < 4.78 is 67.5. The molecule has 0 aliphatic heterocycles. The van der Waals surface area contributed by atoms with Crippen LogP contribution < -0.4 is 4.72 Å². The lowest BCUT2D eigenvalue weighted by Crippen LogP contribution is -2.45. The van der Waals surface area contributed by atoms with Gasteiger partial charge in [0.25, 0.3) is 0 Å². The molecule has 1 aromatic heterocycles. The summed E-state index contributed by atoms with van der Waals surface area (Å²) >= 11 is 0. The monoisotopic (exact) mass is 465 g/mol. The minimum atomic E-state index is -4.55. The van der Waals surface area contributed by atoms with Gasteiger partial charge >= 0.3 is 12.1 Å². The molecule has 1 aliphatic rings. The molecule has 1 heterocycles. The molecule has 3 atom stereocenters. The van der Waals surface area contributed by atoms with Crippen LogP contribution in [0.25, 0.3) is 5.69 Å². The number of hydrogen-bond acceptors (Lipinski definition) is 4. The molecule has 11 heteroatoms. The number of benzene rings is 2. The lowest BCUT2D eigenvalue weighted by Gasteiger charge is -2.16. The van der Waals surface area contributed by atoms with E-state index >= 15 is 0 Å². The van der Waals surface area contributed by atoms with Crippen molar-refractivity contribution >= 4 is 16.0 Å². The molecule has 2 N–H and O–H groups in total. The molecular formula is C21H18F3N3O4S. The van der Waals surface area contributed by atoms with Gasteiger partial charge in [0.15, 0.2) is 0 Å². The van der Waals surface area contributed by atoms with Crippen molar-refractivity contribution in [2.45, 2.75) is 29.5 Å². The zero-order chi connectivity index (χ0) is 23.3. The normalized spacial score (nSPS) is 23.1. The Morgan fingerprint density at radius 3 is 2.28 bits per heavy atom. The topological polar surface area (TPSA) is 101 Å². The molecule has 4 rings (SSSR count). The second-order valence-electron chi connectivity index (χ2n) is 7.62. The van der Waals surface area contributed by atoms with Gasteiger partial charge in [0.1, 0.15) is 5.54 Å². The number of sulfonamides is 1. The fourth-order valence-electron chi connectivity index (χ4n) is 3.97. The van der Waals surface area contributed by atoms with E-state index < -0.39 is 45.1 Å². The zero-order valence-electron chi connectivity index (χ0n) is 16.6. The van der Waals surface area contributed by atoms with Gasteiger partial charge in [0.05, 0.1) is 22.3 Å². The number of hydrogen-bond donors (Lipinski definition) is 2. The van der Waals surface area contributed by atoms with Crippen LogP contribution in [-0.4, -0.2) is 34.8 Å². The van der Waals surface area contributed by atoms with E-state index in [1.807, 2.05) is 0 Å². The molecule has 168 valence electrons. The number of nitrogens with zero attached hydrogens (tertiary/aromatic N) is 2. The van der Waals surface area contributed by atoms with Crippen molar-refractivity contribution in [1.82, 2.24) is 14.5 Å². The van der Waals surface area contributed by atoms with Crippen LogP contribution in [0.3, 0.4) is 0 Å². The number of nitrogens with one attached hydrogen (secondary N) is 1. The Kier molecular flexibility index (Phi) is 5.13. The molecule has 0 spiro atoms. The minimum Gasteiger partial charge on any atom is -0.480 e. The Morgan fingerprint density at radius 1 is 1.12 bits per heavy atom. The quantitative estimate of drug-likeness (QED) is 0.581. The van der Waals surface area contributed by atoms with Gasteiger partial charge in [0.2, 0.25) is 10.0 Å². The van der Waals surface area contributed by atoms with Crippen molar-refractivity contribution in [3.63, 3.8) is 0 Å². The number of alkyl halides is 3. The van der Waals surface area contributed by atoms with Crippen molar-refractivity contribution in [3.8, 4) is 5.69 Å². The van der Waals surface area contributed by atoms with Gasteiger partial charge in [0, 0.05) is 12.1 Å². The highest BCUT2D eigenvalue weighted by atomic mass is 32.2. The van der Waals surface area contributed by atoms with Crippen LogP contribution in [0.15, 0.2) is 71.9 Å². The zero-order valence-corrected chi connectivity index (χ0v) is 17.4. The Labute approximate surface area is 181 Å². The van der Waals surface area contributed by atoms with Gasteiger partial charge in [-0.1, -0.05) is 37.3 Å². The molecule has 0 radical (unpaired) electrons. The van der Waals surface area contributed by atoms with E-state index in [0.717, 1.165) is 10.9 Å². The predicted octanol–water partition coefficient (Wildman–Crippen LogP) is 3.43. The molecule has 0 amide bonds. The summed E-state index contributed by atoms with van der Waals surface area (Å²) in [5.41, 5.74) is -1.70. The van der Waals surface area contributed by atoms with E-state index in [9.17, 15) is 31.5 Å². The van der Waals surface area contributed by atoms with E-state index in [-0.39, 0.29) is 10.6 Å². The smallest absolute Gasteiger partial charge is 0.419 e. The molecule has 2 aromatic carbocycles. The molecule has 1 saturated carbocycles. The number of rotatable bonds is 6. The summed E-state index contributed by atoms with van der Waals surface area (Å²) in [6.45, 7) is 1.66. The van der Waals surface area contributed by atoms with Gasteiger partial charge < -0.3 is 5.11 Å². The largest absolute Gasteiger partial charge is 0.480 e. The van der Waals surface area contributed by atoms with E-state index in [0.29, 0.717) is 11.8 Å². The maximum absolute atomic E-state index is 13.0. The van der Waals surface area contributed by atoms with Crippen molar-refractivity contribution in [3.05, 3.63) is 78.1 Å². The maximum Gasteiger partial charge on any atom is 0.419 e. The van der Waals surface area contributed by atoms with Crippen molar-refractivity contribution in [2.75, 3.05) is 0 Å². The molecular weight excluding hydrogens is 447 g/mol. The maximum atomic E-state index is 13.0. The second-order valence-corrected chi connectivity index (χ2v) is 9.30. The molecule has 1 fully saturated rings. The van der Waals surface area contributed by atoms with Crippen LogP contribution in [0, 0.1) is 5.92 Å². The Balaban J connectivity index is 1.60. The number of carbonyl (C=O) groups is 1. The predicted molar refractivity (Wildman–Crippen MR) is 108 cm³/mol. The molecule has 1 unspecified atom stereocenters. The van der Waals surface area contributed by atoms with Gasteiger partial charge in [-0.15, -0.1) is 0 Å². The van der Waals surface area contributed by atoms with Crippen LogP contribution >= 0.6 is 0 Å². The third-order valence-corrected chi connectivity index (χ3v) is 7.24. The van der Waals surface area contributed by atoms with Crippen molar-refractivity contribution in [1.29, 1.82) is 0 Å². The Hall–Kier alpha value is -3.18. The summed E-state index contributed by atoms with van der Waals surface area (Å²) in [6, 6.07) is 13.7. The molecule has 32 heavy (non-hydrogen) atoms. The highest BCUT2D eigenvalue weighted by Gasteiger charge is 2.70. The first-order chi connectivity index (χ1) is 15.0. The lowest BCUT2D eigenvalue weighted by molar-refractivity contribution is -0.140. The first-order valence-corrected chi connectivity index (χ1v) is 11.0. The standard InChI is InChI=1S/C21H18F3N3O4S/c1-13-18(14-5-3-2-4-6-14)20(13,19(28)29)26-32(30,31)17-9-7-16(8-10-17)27-12-15(11-25-27)21(22,23)24/h2-13,18,26H,1H3,(H,28,29)/t13?,18-,20-/m0/s1. The van der Waals surface area contributed by atoms with Crippen LogP contribution in [-0.2, 0) is 21.0 Å². The van der Waals surface area contributed by atoms with E-state index in [1.54, 1.807) is 37.3 Å². The first kappa shape index (κ1) is 22.0. The Morgan fingerprint density at radius 2 is 1.75 bits per heavy atom. The Bertz CT molecular complexity index is 1260. The highest BCUT2D eigenvalue weighted by Crippen LogP contribution is 2.58. The molecule has 0 bridgehead atoms. The van der Waals surface area contributed by atoms with Crippen LogP contribution in [0.5, 0.6) is 0 Å². The van der Waals surface area contributed by atoms with Crippen molar-refractivity contribution < 1.29 is 31.5 Å². The average molecular weight is 465 g/mol. The summed E-state index contributed by atoms with van der Waals surface area (Å²) in [5.74, 6) is -2.31. The number of halogens is 3. The number of carboxylic acids is 1. The summed E-state index contributed by atoms with van der Waals surface area (Å²) in [6.07, 6.45) is -3.09. The minimum absolute atomic E-state index is 0.212.